The molecule has 20 heavy (non-hydrogen) atoms. The molecule has 0 radical (unpaired) electrons. The third kappa shape index (κ3) is 2.49. The van der Waals surface area contributed by atoms with Crippen molar-refractivity contribution < 1.29 is 0 Å². The Morgan fingerprint density at radius 2 is 1.60 bits per heavy atom. The lowest BCUT2D eigenvalue weighted by Gasteiger charge is -2.06. The summed E-state index contributed by atoms with van der Waals surface area (Å²) in [4.78, 5) is 12.8. The lowest BCUT2D eigenvalue weighted by Crippen LogP contribution is -1.99. The van der Waals surface area contributed by atoms with E-state index in [2.05, 4.69) is 21.9 Å². The number of benzene rings is 1. The van der Waals surface area contributed by atoms with Crippen LogP contribution in [0.5, 0.6) is 0 Å². The van der Waals surface area contributed by atoms with Crippen LogP contribution in [0.4, 0.5) is 5.95 Å². The number of aryl methyl sites for hydroxylation is 1. The number of nitrogens with two attached hydrogens (primary N) is 1. The minimum absolute atomic E-state index is 0.253. The molecule has 2 heterocycles. The number of hydrogen-bond donors (Lipinski definition) is 1. The van der Waals surface area contributed by atoms with Gasteiger partial charge < -0.3 is 5.73 Å². The fourth-order valence-corrected chi connectivity index (χ4v) is 1.98. The lowest BCUT2D eigenvalue weighted by atomic mass is 10.1. The van der Waals surface area contributed by atoms with Crippen LogP contribution in [0.25, 0.3) is 22.6 Å². The van der Waals surface area contributed by atoms with Crippen molar-refractivity contribution in [2.24, 2.45) is 0 Å². The van der Waals surface area contributed by atoms with Crippen molar-refractivity contribution in [2.45, 2.75) is 6.92 Å². The van der Waals surface area contributed by atoms with E-state index >= 15 is 0 Å². The zero-order valence-electron chi connectivity index (χ0n) is 11.1. The molecule has 2 N–H and O–H groups in total. The van der Waals surface area contributed by atoms with Crippen LogP contribution in [-0.4, -0.2) is 15.0 Å². The van der Waals surface area contributed by atoms with Crippen LogP contribution in [0.15, 0.2) is 54.7 Å². The Balaban J connectivity index is 2.09. The molecule has 0 saturated carbocycles. The number of aromatic nitrogens is 3. The molecule has 4 heteroatoms. The SMILES string of the molecule is Cc1ccc(-c2cc(-c3ccccn3)nc(N)n2)cc1. The zero-order valence-corrected chi connectivity index (χ0v) is 11.1. The fraction of sp³-hybridized carbons (Fsp3) is 0.0625. The maximum Gasteiger partial charge on any atom is 0.221 e. The first-order valence-corrected chi connectivity index (χ1v) is 6.35. The molecule has 0 unspecified atom stereocenters. The Morgan fingerprint density at radius 3 is 2.30 bits per heavy atom. The van der Waals surface area contributed by atoms with E-state index in [-0.39, 0.29) is 5.95 Å². The molecule has 0 bridgehead atoms. The first-order chi connectivity index (χ1) is 9.72. The van der Waals surface area contributed by atoms with E-state index in [9.17, 15) is 0 Å². The van der Waals surface area contributed by atoms with Crippen LogP contribution in [-0.2, 0) is 0 Å². The molecule has 0 spiro atoms. The molecular formula is C16H14N4. The summed E-state index contributed by atoms with van der Waals surface area (Å²) >= 11 is 0. The van der Waals surface area contributed by atoms with Gasteiger partial charge in [-0.15, -0.1) is 0 Å². The van der Waals surface area contributed by atoms with E-state index in [1.165, 1.54) is 5.56 Å². The van der Waals surface area contributed by atoms with Crippen molar-refractivity contribution in [3.8, 4) is 22.6 Å². The van der Waals surface area contributed by atoms with Crippen molar-refractivity contribution in [1.82, 2.24) is 15.0 Å². The summed E-state index contributed by atoms with van der Waals surface area (Å²) in [5.41, 5.74) is 10.4. The molecule has 0 saturated heterocycles. The second-order valence-electron chi connectivity index (χ2n) is 4.58. The van der Waals surface area contributed by atoms with Gasteiger partial charge in [-0.25, -0.2) is 9.97 Å². The molecule has 0 fully saturated rings. The zero-order chi connectivity index (χ0) is 13.9. The minimum atomic E-state index is 0.253. The number of rotatable bonds is 2. The Labute approximate surface area is 117 Å². The highest BCUT2D eigenvalue weighted by Crippen LogP contribution is 2.23. The quantitative estimate of drug-likeness (QED) is 0.770. The number of hydrogen-bond acceptors (Lipinski definition) is 4. The summed E-state index contributed by atoms with van der Waals surface area (Å²) in [5.74, 6) is 0.253. The molecule has 3 aromatic rings. The van der Waals surface area contributed by atoms with Gasteiger partial charge in [0.25, 0.3) is 0 Å². The number of anilines is 1. The van der Waals surface area contributed by atoms with Gasteiger partial charge in [-0.05, 0) is 25.1 Å². The standard InChI is InChI=1S/C16H14N4/c1-11-5-7-12(8-6-11)14-10-15(20-16(17)19-14)13-4-2-3-9-18-13/h2-10H,1H3,(H2,17,19,20). The summed E-state index contributed by atoms with van der Waals surface area (Å²) < 4.78 is 0. The highest BCUT2D eigenvalue weighted by molar-refractivity contribution is 5.67. The number of nitrogen functional groups attached to an aromatic ring is 1. The highest BCUT2D eigenvalue weighted by atomic mass is 15.0. The van der Waals surface area contributed by atoms with Crippen LogP contribution in [0.3, 0.4) is 0 Å². The van der Waals surface area contributed by atoms with Gasteiger partial charge in [-0.2, -0.15) is 0 Å². The molecule has 0 amide bonds. The van der Waals surface area contributed by atoms with Gasteiger partial charge in [0, 0.05) is 11.8 Å². The molecule has 0 aliphatic rings. The minimum Gasteiger partial charge on any atom is -0.368 e. The Morgan fingerprint density at radius 1 is 0.850 bits per heavy atom. The van der Waals surface area contributed by atoms with E-state index in [0.717, 1.165) is 22.6 Å². The maximum absolute atomic E-state index is 5.81. The molecule has 0 atom stereocenters. The van der Waals surface area contributed by atoms with E-state index < -0.39 is 0 Å². The van der Waals surface area contributed by atoms with Gasteiger partial charge in [-0.1, -0.05) is 35.9 Å². The van der Waals surface area contributed by atoms with E-state index in [1.807, 2.05) is 48.5 Å². The van der Waals surface area contributed by atoms with Crippen LogP contribution in [0.1, 0.15) is 5.56 Å². The van der Waals surface area contributed by atoms with E-state index in [1.54, 1.807) is 6.20 Å². The molecule has 4 nitrogen and oxygen atoms in total. The van der Waals surface area contributed by atoms with Gasteiger partial charge in [0.1, 0.15) is 0 Å². The second-order valence-corrected chi connectivity index (χ2v) is 4.58. The summed E-state index contributed by atoms with van der Waals surface area (Å²) in [6.07, 6.45) is 1.74. The van der Waals surface area contributed by atoms with Crippen LogP contribution in [0.2, 0.25) is 0 Å². The summed E-state index contributed by atoms with van der Waals surface area (Å²) in [6.45, 7) is 2.05. The van der Waals surface area contributed by atoms with Gasteiger partial charge in [0.15, 0.2) is 0 Å². The molecule has 98 valence electrons. The molecule has 0 aliphatic heterocycles. The smallest absolute Gasteiger partial charge is 0.221 e. The third-order valence-electron chi connectivity index (χ3n) is 3.02. The average molecular weight is 262 g/mol. The Bertz CT molecular complexity index is 721. The highest BCUT2D eigenvalue weighted by Gasteiger charge is 2.07. The average Bonchev–Trinajstić information content (AvgIpc) is 2.48. The summed E-state index contributed by atoms with van der Waals surface area (Å²) in [5, 5.41) is 0. The van der Waals surface area contributed by atoms with Crippen LogP contribution < -0.4 is 5.73 Å². The summed E-state index contributed by atoms with van der Waals surface area (Å²) in [7, 11) is 0. The molecule has 1 aromatic carbocycles. The predicted octanol–water partition coefficient (Wildman–Crippen LogP) is 3.10. The van der Waals surface area contributed by atoms with Crippen molar-refractivity contribution in [1.29, 1.82) is 0 Å². The third-order valence-corrected chi connectivity index (χ3v) is 3.02. The second kappa shape index (κ2) is 5.09. The van der Waals surface area contributed by atoms with Crippen molar-refractivity contribution in [3.05, 3.63) is 60.3 Å². The summed E-state index contributed by atoms with van der Waals surface area (Å²) in [6, 6.07) is 15.8. The largest absolute Gasteiger partial charge is 0.368 e. The van der Waals surface area contributed by atoms with Gasteiger partial charge >= 0.3 is 0 Å². The van der Waals surface area contributed by atoms with E-state index in [0.29, 0.717) is 0 Å². The Hall–Kier alpha value is -2.75. The topological polar surface area (TPSA) is 64.7 Å². The molecular weight excluding hydrogens is 248 g/mol. The number of pyridine rings is 1. The normalized spacial score (nSPS) is 10.4. The first kappa shape index (κ1) is 12.3. The molecule has 0 aliphatic carbocycles. The lowest BCUT2D eigenvalue weighted by molar-refractivity contribution is 1.17. The van der Waals surface area contributed by atoms with Gasteiger partial charge in [0.2, 0.25) is 5.95 Å². The number of nitrogens with zero attached hydrogens (tertiary/aromatic N) is 3. The van der Waals surface area contributed by atoms with E-state index in [4.69, 9.17) is 5.73 Å². The van der Waals surface area contributed by atoms with Gasteiger partial charge in [0.05, 0.1) is 17.1 Å². The Kier molecular flexibility index (Phi) is 3.13. The predicted molar refractivity (Wildman–Crippen MR) is 79.8 cm³/mol. The van der Waals surface area contributed by atoms with Crippen LogP contribution in [0, 0.1) is 6.92 Å². The molecule has 2 aromatic heterocycles. The van der Waals surface area contributed by atoms with Crippen molar-refractivity contribution in [3.63, 3.8) is 0 Å². The van der Waals surface area contributed by atoms with Crippen LogP contribution >= 0.6 is 0 Å². The fourth-order valence-electron chi connectivity index (χ4n) is 1.98. The van der Waals surface area contributed by atoms with Crippen molar-refractivity contribution in [2.75, 3.05) is 5.73 Å². The first-order valence-electron chi connectivity index (χ1n) is 6.35. The van der Waals surface area contributed by atoms with Gasteiger partial charge in [-0.3, -0.25) is 4.98 Å². The monoisotopic (exact) mass is 262 g/mol. The maximum atomic E-state index is 5.81. The molecule has 3 rings (SSSR count). The van der Waals surface area contributed by atoms with Crippen molar-refractivity contribution >= 4 is 5.95 Å².